The van der Waals surface area contributed by atoms with E-state index in [1.54, 1.807) is 12.1 Å². The summed E-state index contributed by atoms with van der Waals surface area (Å²) in [6.07, 6.45) is -0.760. The van der Waals surface area contributed by atoms with Gasteiger partial charge in [-0.1, -0.05) is 23.2 Å². The van der Waals surface area contributed by atoms with E-state index in [-0.39, 0.29) is 24.1 Å². The number of hydrogen-bond acceptors (Lipinski definition) is 4. The number of carbonyl (C=O) groups is 2. The molecule has 0 bridgehead atoms. The van der Waals surface area contributed by atoms with Crippen LogP contribution in [0.1, 0.15) is 10.4 Å². The summed E-state index contributed by atoms with van der Waals surface area (Å²) in [7, 11) is 1.28. The fourth-order valence-corrected chi connectivity index (χ4v) is 2.43. The van der Waals surface area contributed by atoms with Crippen molar-refractivity contribution in [3.05, 3.63) is 33.8 Å². The monoisotopic (exact) mass is 317 g/mol. The fourth-order valence-electron chi connectivity index (χ4n) is 1.94. The molecule has 108 valence electrons. The SMILES string of the molecule is COC(=O)C1CN(C(=O)c2ccc(Cl)cc2Cl)CCO1. The third-order valence-electron chi connectivity index (χ3n) is 2.98. The van der Waals surface area contributed by atoms with Crippen molar-refractivity contribution >= 4 is 35.1 Å². The molecule has 1 aliphatic rings. The Kier molecular flexibility index (Phi) is 4.86. The molecule has 1 aromatic carbocycles. The maximum atomic E-state index is 12.4. The second kappa shape index (κ2) is 6.43. The van der Waals surface area contributed by atoms with Gasteiger partial charge in [0.15, 0.2) is 6.10 Å². The van der Waals surface area contributed by atoms with E-state index in [2.05, 4.69) is 4.74 Å². The van der Waals surface area contributed by atoms with Gasteiger partial charge in [-0.15, -0.1) is 0 Å². The number of benzene rings is 1. The summed E-state index contributed by atoms with van der Waals surface area (Å²) in [6.45, 7) is 0.812. The van der Waals surface area contributed by atoms with Crippen LogP contribution in [-0.2, 0) is 14.3 Å². The molecule has 0 spiro atoms. The van der Waals surface area contributed by atoms with Crippen molar-refractivity contribution in [2.45, 2.75) is 6.10 Å². The van der Waals surface area contributed by atoms with Crippen molar-refractivity contribution in [3.8, 4) is 0 Å². The van der Waals surface area contributed by atoms with E-state index in [0.29, 0.717) is 17.1 Å². The van der Waals surface area contributed by atoms with Crippen molar-refractivity contribution in [2.24, 2.45) is 0 Å². The van der Waals surface area contributed by atoms with Gasteiger partial charge in [-0.05, 0) is 18.2 Å². The lowest BCUT2D eigenvalue weighted by atomic mass is 10.1. The molecule has 1 aliphatic heterocycles. The van der Waals surface area contributed by atoms with Crippen LogP contribution in [0.3, 0.4) is 0 Å². The number of carbonyl (C=O) groups excluding carboxylic acids is 2. The highest BCUT2D eigenvalue weighted by Gasteiger charge is 2.30. The molecule has 1 aromatic rings. The Morgan fingerprint density at radius 2 is 2.15 bits per heavy atom. The number of methoxy groups -OCH3 is 1. The Labute approximate surface area is 126 Å². The predicted octanol–water partition coefficient (Wildman–Crippen LogP) is 2.01. The molecule has 20 heavy (non-hydrogen) atoms. The highest BCUT2D eigenvalue weighted by atomic mass is 35.5. The van der Waals surface area contributed by atoms with Crippen LogP contribution in [0.2, 0.25) is 10.0 Å². The smallest absolute Gasteiger partial charge is 0.336 e. The molecule has 1 saturated heterocycles. The molecule has 5 nitrogen and oxygen atoms in total. The van der Waals surface area contributed by atoms with Gasteiger partial charge in [0.05, 0.1) is 30.8 Å². The molecule has 0 aliphatic carbocycles. The minimum atomic E-state index is -0.760. The van der Waals surface area contributed by atoms with Gasteiger partial charge in [0.2, 0.25) is 0 Å². The molecule has 0 saturated carbocycles. The summed E-state index contributed by atoms with van der Waals surface area (Å²) in [5.41, 5.74) is 0.349. The van der Waals surface area contributed by atoms with Crippen molar-refractivity contribution < 1.29 is 19.1 Å². The Bertz CT molecular complexity index is 535. The molecule has 1 unspecified atom stereocenters. The number of amides is 1. The van der Waals surface area contributed by atoms with Gasteiger partial charge in [-0.3, -0.25) is 4.79 Å². The van der Waals surface area contributed by atoms with E-state index in [1.165, 1.54) is 18.1 Å². The average molecular weight is 318 g/mol. The lowest BCUT2D eigenvalue weighted by molar-refractivity contribution is -0.158. The quantitative estimate of drug-likeness (QED) is 0.783. The minimum absolute atomic E-state index is 0.143. The predicted molar refractivity (Wildman–Crippen MR) is 74.1 cm³/mol. The first-order valence-corrected chi connectivity index (χ1v) is 6.72. The second-order valence-corrected chi connectivity index (χ2v) is 5.10. The Morgan fingerprint density at radius 1 is 1.40 bits per heavy atom. The van der Waals surface area contributed by atoms with Crippen LogP contribution in [0, 0.1) is 0 Å². The summed E-state index contributed by atoms with van der Waals surface area (Å²) < 4.78 is 9.89. The van der Waals surface area contributed by atoms with Crippen LogP contribution in [0.4, 0.5) is 0 Å². The molecule has 0 radical (unpaired) electrons. The minimum Gasteiger partial charge on any atom is -0.467 e. The largest absolute Gasteiger partial charge is 0.467 e. The maximum absolute atomic E-state index is 12.4. The summed E-state index contributed by atoms with van der Waals surface area (Å²) in [5.74, 6) is -0.756. The lowest BCUT2D eigenvalue weighted by Gasteiger charge is -2.31. The van der Waals surface area contributed by atoms with Crippen molar-refractivity contribution in [1.29, 1.82) is 0 Å². The average Bonchev–Trinajstić information content (AvgIpc) is 2.46. The van der Waals surface area contributed by atoms with Crippen LogP contribution >= 0.6 is 23.2 Å². The van der Waals surface area contributed by atoms with Crippen molar-refractivity contribution in [2.75, 3.05) is 26.8 Å². The van der Waals surface area contributed by atoms with Gasteiger partial charge < -0.3 is 14.4 Å². The number of rotatable bonds is 2. The van der Waals surface area contributed by atoms with Gasteiger partial charge in [0.1, 0.15) is 0 Å². The zero-order chi connectivity index (χ0) is 14.7. The molecule has 7 heteroatoms. The van der Waals surface area contributed by atoms with Crippen LogP contribution < -0.4 is 0 Å². The van der Waals surface area contributed by atoms with E-state index in [0.717, 1.165) is 0 Å². The normalized spacial score (nSPS) is 18.8. The lowest BCUT2D eigenvalue weighted by Crippen LogP contribution is -2.48. The molecule has 1 amide bonds. The van der Waals surface area contributed by atoms with E-state index in [9.17, 15) is 9.59 Å². The highest BCUT2D eigenvalue weighted by Crippen LogP contribution is 2.23. The number of halogens is 2. The second-order valence-electron chi connectivity index (χ2n) is 4.26. The summed E-state index contributed by atoms with van der Waals surface area (Å²) in [5, 5.41) is 0.740. The Hall–Kier alpha value is -1.30. The van der Waals surface area contributed by atoms with E-state index in [1.807, 2.05) is 0 Å². The summed E-state index contributed by atoms with van der Waals surface area (Å²) in [6, 6.07) is 4.67. The Morgan fingerprint density at radius 3 is 2.80 bits per heavy atom. The summed E-state index contributed by atoms with van der Waals surface area (Å²) >= 11 is 11.8. The Balaban J connectivity index is 2.14. The molecular formula is C13H13Cl2NO4. The van der Waals surface area contributed by atoms with Gasteiger partial charge in [-0.2, -0.15) is 0 Å². The third-order valence-corrected chi connectivity index (χ3v) is 3.53. The molecule has 1 heterocycles. The summed E-state index contributed by atoms with van der Waals surface area (Å²) in [4.78, 5) is 25.3. The molecule has 1 fully saturated rings. The first-order chi connectivity index (χ1) is 9.52. The molecular weight excluding hydrogens is 305 g/mol. The third kappa shape index (κ3) is 3.23. The molecule has 2 rings (SSSR count). The number of nitrogens with zero attached hydrogens (tertiary/aromatic N) is 1. The number of ether oxygens (including phenoxy) is 2. The van der Waals surface area contributed by atoms with Crippen LogP contribution in [0.5, 0.6) is 0 Å². The molecule has 0 N–H and O–H groups in total. The zero-order valence-electron chi connectivity index (χ0n) is 10.8. The fraction of sp³-hybridized carbons (Fsp3) is 0.385. The van der Waals surface area contributed by atoms with E-state index < -0.39 is 12.1 Å². The standard InChI is InChI=1S/C13H13Cl2NO4/c1-19-13(18)11-7-16(4-5-20-11)12(17)9-3-2-8(14)6-10(9)15/h2-3,6,11H,4-5,7H2,1H3. The van der Waals surface area contributed by atoms with Crippen molar-refractivity contribution in [3.63, 3.8) is 0 Å². The van der Waals surface area contributed by atoms with E-state index >= 15 is 0 Å². The molecule has 1 atom stereocenters. The first-order valence-electron chi connectivity index (χ1n) is 5.96. The molecule has 0 aromatic heterocycles. The maximum Gasteiger partial charge on any atom is 0.336 e. The van der Waals surface area contributed by atoms with Gasteiger partial charge in [0, 0.05) is 11.6 Å². The van der Waals surface area contributed by atoms with Crippen LogP contribution in [0.15, 0.2) is 18.2 Å². The van der Waals surface area contributed by atoms with Gasteiger partial charge >= 0.3 is 5.97 Å². The van der Waals surface area contributed by atoms with E-state index in [4.69, 9.17) is 27.9 Å². The number of esters is 1. The zero-order valence-corrected chi connectivity index (χ0v) is 12.3. The first kappa shape index (κ1) is 15.1. The van der Waals surface area contributed by atoms with Crippen molar-refractivity contribution in [1.82, 2.24) is 4.90 Å². The van der Waals surface area contributed by atoms with Crippen LogP contribution in [0.25, 0.3) is 0 Å². The van der Waals surface area contributed by atoms with Gasteiger partial charge in [0.25, 0.3) is 5.91 Å². The number of morpholine rings is 1. The number of hydrogen-bond donors (Lipinski definition) is 0. The highest BCUT2D eigenvalue weighted by molar-refractivity contribution is 6.36. The van der Waals surface area contributed by atoms with Crippen LogP contribution in [-0.4, -0.2) is 49.7 Å². The topological polar surface area (TPSA) is 55.8 Å². The van der Waals surface area contributed by atoms with Gasteiger partial charge in [-0.25, -0.2) is 4.79 Å².